The van der Waals surface area contributed by atoms with Crippen LogP contribution in [0.5, 0.6) is 0 Å². The molecular weight excluding hydrogens is 172 g/mol. The van der Waals surface area contributed by atoms with E-state index in [9.17, 15) is 0 Å². The monoisotopic (exact) mass is 188 g/mol. The maximum Gasteiger partial charge on any atom is 0.0861 e. The lowest BCUT2D eigenvalue weighted by Gasteiger charge is -2.28. The molecule has 2 nitrogen and oxygen atoms in total. The molecule has 0 amide bonds. The summed E-state index contributed by atoms with van der Waals surface area (Å²) in [5.41, 5.74) is 3.39. The highest BCUT2D eigenvalue weighted by molar-refractivity contribution is 5.96. The SMILES string of the molecule is CC1=Nc2ccccc2N[C@@H]1C(C)C. The summed E-state index contributed by atoms with van der Waals surface area (Å²) >= 11 is 0. The largest absolute Gasteiger partial charge is 0.375 e. The summed E-state index contributed by atoms with van der Waals surface area (Å²) in [7, 11) is 0. The maximum absolute atomic E-state index is 4.60. The van der Waals surface area contributed by atoms with Crippen LogP contribution in [0.15, 0.2) is 29.3 Å². The summed E-state index contributed by atoms with van der Waals surface area (Å²) in [4.78, 5) is 4.60. The van der Waals surface area contributed by atoms with Crippen molar-refractivity contribution in [1.82, 2.24) is 0 Å². The van der Waals surface area contributed by atoms with Crippen LogP contribution in [0.2, 0.25) is 0 Å². The minimum atomic E-state index is 0.380. The predicted molar refractivity (Wildman–Crippen MR) is 61.5 cm³/mol. The molecule has 0 unspecified atom stereocenters. The van der Waals surface area contributed by atoms with Gasteiger partial charge >= 0.3 is 0 Å². The van der Waals surface area contributed by atoms with Gasteiger partial charge in [0.15, 0.2) is 0 Å². The fourth-order valence-electron chi connectivity index (χ4n) is 1.87. The van der Waals surface area contributed by atoms with Crippen molar-refractivity contribution < 1.29 is 0 Å². The molecule has 0 saturated heterocycles. The number of aliphatic imine (C=N–C) groups is 1. The number of nitrogens with one attached hydrogen (secondary N) is 1. The molecule has 14 heavy (non-hydrogen) atoms. The molecule has 1 aromatic rings. The lowest BCUT2D eigenvalue weighted by Crippen LogP contribution is -2.34. The molecule has 0 aliphatic carbocycles. The zero-order chi connectivity index (χ0) is 10.1. The molecule has 1 aliphatic heterocycles. The quantitative estimate of drug-likeness (QED) is 0.719. The second kappa shape index (κ2) is 3.45. The molecule has 0 saturated carbocycles. The van der Waals surface area contributed by atoms with Crippen molar-refractivity contribution in [2.75, 3.05) is 5.32 Å². The van der Waals surface area contributed by atoms with E-state index in [1.54, 1.807) is 0 Å². The van der Waals surface area contributed by atoms with E-state index in [0.717, 1.165) is 11.4 Å². The number of hydrogen-bond donors (Lipinski definition) is 1. The molecule has 0 aromatic heterocycles. The Hall–Kier alpha value is -1.31. The van der Waals surface area contributed by atoms with E-state index in [4.69, 9.17) is 0 Å². The minimum absolute atomic E-state index is 0.380. The van der Waals surface area contributed by atoms with E-state index in [0.29, 0.717) is 12.0 Å². The third-order valence-electron chi connectivity index (χ3n) is 2.63. The maximum atomic E-state index is 4.60. The van der Waals surface area contributed by atoms with Gasteiger partial charge in [-0.2, -0.15) is 0 Å². The fraction of sp³-hybridized carbons (Fsp3) is 0.417. The zero-order valence-corrected chi connectivity index (χ0v) is 8.91. The van der Waals surface area contributed by atoms with Gasteiger partial charge in [0.05, 0.1) is 17.4 Å². The first kappa shape index (κ1) is 9.25. The van der Waals surface area contributed by atoms with Crippen LogP contribution >= 0.6 is 0 Å². The molecule has 0 spiro atoms. The van der Waals surface area contributed by atoms with Crippen molar-refractivity contribution in [3.05, 3.63) is 24.3 Å². The van der Waals surface area contributed by atoms with Gasteiger partial charge in [-0.15, -0.1) is 0 Å². The lowest BCUT2D eigenvalue weighted by atomic mass is 9.98. The van der Waals surface area contributed by atoms with Gasteiger partial charge in [-0.3, -0.25) is 4.99 Å². The molecule has 0 fully saturated rings. The van der Waals surface area contributed by atoms with Crippen molar-refractivity contribution in [3.8, 4) is 0 Å². The first-order valence-electron chi connectivity index (χ1n) is 5.09. The smallest absolute Gasteiger partial charge is 0.0861 e. The van der Waals surface area contributed by atoms with Gasteiger partial charge in [-0.05, 0) is 25.0 Å². The standard InChI is InChI=1S/C12H16N2/c1-8(2)12-9(3)13-10-6-4-5-7-11(10)14-12/h4-8,12,14H,1-3H3/t12-/m1/s1. The highest BCUT2D eigenvalue weighted by Gasteiger charge is 2.21. The molecule has 2 rings (SSSR count). The predicted octanol–water partition coefficient (Wildman–Crippen LogP) is 3.23. The van der Waals surface area contributed by atoms with E-state index in [-0.39, 0.29) is 0 Å². The summed E-state index contributed by atoms with van der Waals surface area (Å²) < 4.78 is 0. The third kappa shape index (κ3) is 1.52. The zero-order valence-electron chi connectivity index (χ0n) is 8.91. The molecular formula is C12H16N2. The molecule has 1 aromatic carbocycles. The van der Waals surface area contributed by atoms with Crippen LogP contribution in [-0.4, -0.2) is 11.8 Å². The van der Waals surface area contributed by atoms with Gasteiger partial charge in [0.2, 0.25) is 0 Å². The Balaban J connectivity index is 2.38. The van der Waals surface area contributed by atoms with Crippen LogP contribution in [0, 0.1) is 5.92 Å². The molecule has 1 aliphatic rings. The van der Waals surface area contributed by atoms with Crippen LogP contribution in [0.4, 0.5) is 11.4 Å². The number of nitrogens with zero attached hydrogens (tertiary/aromatic N) is 1. The molecule has 0 bridgehead atoms. The molecule has 0 radical (unpaired) electrons. The van der Waals surface area contributed by atoms with Gasteiger partial charge in [-0.25, -0.2) is 0 Å². The lowest BCUT2D eigenvalue weighted by molar-refractivity contribution is 0.619. The number of anilines is 1. The fourth-order valence-corrected chi connectivity index (χ4v) is 1.87. The van der Waals surface area contributed by atoms with E-state index in [1.165, 1.54) is 5.71 Å². The summed E-state index contributed by atoms with van der Waals surface area (Å²) in [6.45, 7) is 6.52. The minimum Gasteiger partial charge on any atom is -0.375 e. The van der Waals surface area contributed by atoms with Crippen LogP contribution in [0.3, 0.4) is 0 Å². The molecule has 1 heterocycles. The normalized spacial score (nSPS) is 20.0. The summed E-state index contributed by atoms with van der Waals surface area (Å²) in [6, 6.07) is 8.57. The van der Waals surface area contributed by atoms with E-state index in [2.05, 4.69) is 37.1 Å². The van der Waals surface area contributed by atoms with Crippen molar-refractivity contribution in [2.24, 2.45) is 10.9 Å². The van der Waals surface area contributed by atoms with Crippen molar-refractivity contribution in [3.63, 3.8) is 0 Å². The summed E-state index contributed by atoms with van der Waals surface area (Å²) in [5.74, 6) is 0.576. The summed E-state index contributed by atoms with van der Waals surface area (Å²) in [5, 5.41) is 3.52. The van der Waals surface area contributed by atoms with Crippen LogP contribution in [0.1, 0.15) is 20.8 Å². The first-order valence-corrected chi connectivity index (χ1v) is 5.09. The number of para-hydroxylation sites is 2. The van der Waals surface area contributed by atoms with E-state index in [1.807, 2.05) is 18.2 Å². The number of benzene rings is 1. The molecule has 74 valence electrons. The third-order valence-corrected chi connectivity index (χ3v) is 2.63. The topological polar surface area (TPSA) is 24.4 Å². The Kier molecular flexibility index (Phi) is 2.28. The van der Waals surface area contributed by atoms with Gasteiger partial charge in [0.1, 0.15) is 0 Å². The second-order valence-electron chi connectivity index (χ2n) is 4.14. The highest BCUT2D eigenvalue weighted by atomic mass is 15.0. The highest BCUT2D eigenvalue weighted by Crippen LogP contribution is 2.30. The van der Waals surface area contributed by atoms with E-state index >= 15 is 0 Å². The van der Waals surface area contributed by atoms with Crippen molar-refractivity contribution in [2.45, 2.75) is 26.8 Å². The van der Waals surface area contributed by atoms with Crippen LogP contribution in [0.25, 0.3) is 0 Å². The number of fused-ring (bicyclic) bond motifs is 1. The average molecular weight is 188 g/mol. The number of hydrogen-bond acceptors (Lipinski definition) is 2. The average Bonchev–Trinajstić information content (AvgIpc) is 2.16. The van der Waals surface area contributed by atoms with Crippen molar-refractivity contribution in [1.29, 1.82) is 0 Å². The van der Waals surface area contributed by atoms with Gasteiger partial charge in [0, 0.05) is 5.71 Å². The van der Waals surface area contributed by atoms with Gasteiger partial charge in [0.25, 0.3) is 0 Å². The van der Waals surface area contributed by atoms with Crippen LogP contribution < -0.4 is 5.32 Å². The first-order chi connectivity index (χ1) is 6.68. The molecule has 1 atom stereocenters. The Labute approximate surface area is 85.1 Å². The Morgan fingerprint density at radius 1 is 1.29 bits per heavy atom. The molecule has 2 heteroatoms. The van der Waals surface area contributed by atoms with Crippen molar-refractivity contribution >= 4 is 17.1 Å². The summed E-state index contributed by atoms with van der Waals surface area (Å²) in [6.07, 6.45) is 0. The Bertz CT molecular complexity index is 366. The molecule has 1 N–H and O–H groups in total. The number of rotatable bonds is 1. The van der Waals surface area contributed by atoms with E-state index < -0.39 is 0 Å². The van der Waals surface area contributed by atoms with Gasteiger partial charge in [-0.1, -0.05) is 26.0 Å². The van der Waals surface area contributed by atoms with Crippen LogP contribution in [-0.2, 0) is 0 Å². The Morgan fingerprint density at radius 3 is 2.71 bits per heavy atom. The second-order valence-corrected chi connectivity index (χ2v) is 4.14. The Morgan fingerprint density at radius 2 is 2.00 bits per heavy atom. The van der Waals surface area contributed by atoms with Gasteiger partial charge < -0.3 is 5.32 Å².